The molecule has 286 valence electrons. The molecule has 5 aromatic carbocycles. The molecule has 5 N–H and O–H groups in total. The average molecular weight is 785 g/mol. The second kappa shape index (κ2) is 24.8. The highest BCUT2D eigenvalue weighted by Gasteiger charge is 2.26. The molecule has 0 saturated heterocycles. The summed E-state index contributed by atoms with van der Waals surface area (Å²) in [5.74, 6) is -0.0788. The predicted molar refractivity (Wildman–Crippen MR) is 224 cm³/mol. The van der Waals surface area contributed by atoms with E-state index in [-0.39, 0.29) is 24.5 Å². The van der Waals surface area contributed by atoms with Gasteiger partial charge in [0.25, 0.3) is 16.4 Å². The van der Waals surface area contributed by atoms with Gasteiger partial charge >= 0.3 is 21.4 Å². The van der Waals surface area contributed by atoms with Gasteiger partial charge in [0.2, 0.25) is 0 Å². The summed E-state index contributed by atoms with van der Waals surface area (Å²) in [5, 5.41) is 39.9. The van der Waals surface area contributed by atoms with E-state index in [1.54, 1.807) is 36.2 Å². The summed E-state index contributed by atoms with van der Waals surface area (Å²) in [6, 6.07) is 38.4. The maximum atomic E-state index is 12.2. The zero-order valence-corrected chi connectivity index (χ0v) is 31.4. The van der Waals surface area contributed by atoms with Crippen molar-refractivity contribution in [1.29, 1.82) is 0 Å². The lowest BCUT2D eigenvalue weighted by Gasteiger charge is -2.17. The van der Waals surface area contributed by atoms with Crippen LogP contribution in [0.5, 0.6) is 0 Å². The smallest absolute Gasteiger partial charge is 0.443 e. The number of benzene rings is 5. The molecule has 0 heterocycles. The van der Waals surface area contributed by atoms with Crippen molar-refractivity contribution in [2.24, 2.45) is 0 Å². The van der Waals surface area contributed by atoms with Crippen LogP contribution in [0.1, 0.15) is 49.6 Å². The number of halogens is 2. The van der Waals surface area contributed by atoms with E-state index in [2.05, 4.69) is 29.6 Å². The summed E-state index contributed by atoms with van der Waals surface area (Å²) in [5.41, 5.74) is 4.76. The van der Waals surface area contributed by atoms with Crippen LogP contribution in [0, 0.1) is 0 Å². The number of nitrogens with zero attached hydrogens (tertiary/aromatic N) is 1. The van der Waals surface area contributed by atoms with Crippen molar-refractivity contribution in [2.75, 3.05) is 27.2 Å². The van der Waals surface area contributed by atoms with Crippen LogP contribution in [0.2, 0.25) is 0 Å². The number of hydrogen-bond donors (Lipinski definition) is 5. The minimum atomic E-state index is -1.51. The fourth-order valence-corrected chi connectivity index (χ4v) is 5.06. The van der Waals surface area contributed by atoms with Gasteiger partial charge in [-0.15, -0.1) is 0 Å². The Hall–Kier alpha value is -4.56. The molecule has 10 nitrogen and oxygen atoms in total. The van der Waals surface area contributed by atoms with Crippen molar-refractivity contribution in [3.63, 3.8) is 0 Å². The highest BCUT2D eigenvalue weighted by atomic mass is 35.5. The molecule has 0 unspecified atom stereocenters. The van der Waals surface area contributed by atoms with Crippen molar-refractivity contribution >= 4 is 77.3 Å². The lowest BCUT2D eigenvalue weighted by atomic mass is 9.71. The second-order valence-electron chi connectivity index (χ2n) is 11.9. The summed E-state index contributed by atoms with van der Waals surface area (Å²) in [6.07, 6.45) is 1.92. The molecule has 0 saturated carbocycles. The fourth-order valence-electron chi connectivity index (χ4n) is 4.81. The van der Waals surface area contributed by atoms with E-state index in [1.165, 1.54) is 59.7 Å². The van der Waals surface area contributed by atoms with Gasteiger partial charge in [-0.2, -0.15) is 0 Å². The second-order valence-corrected chi connectivity index (χ2v) is 12.6. The third kappa shape index (κ3) is 16.4. The van der Waals surface area contributed by atoms with Crippen LogP contribution in [0.15, 0.2) is 133 Å². The highest BCUT2D eigenvalue weighted by molar-refractivity contribution is 6.73. The Morgan fingerprint density at radius 2 is 0.982 bits per heavy atom. The number of carbonyl (C=O) groups is 3. The van der Waals surface area contributed by atoms with Crippen LogP contribution in [-0.4, -0.2) is 89.9 Å². The first-order chi connectivity index (χ1) is 25.9. The van der Waals surface area contributed by atoms with Crippen LogP contribution in [-0.2, 0) is 17.4 Å². The monoisotopic (exact) mass is 784 g/mol. The molecule has 0 aliphatic rings. The Labute approximate surface area is 334 Å². The van der Waals surface area contributed by atoms with Gasteiger partial charge in [-0.1, -0.05) is 129 Å². The van der Waals surface area contributed by atoms with Gasteiger partial charge in [0.05, 0.1) is 0 Å². The zero-order valence-electron chi connectivity index (χ0n) is 29.9. The minimum Gasteiger partial charge on any atom is -0.443 e. The Kier molecular flexibility index (Phi) is 21.0. The maximum absolute atomic E-state index is 12.2. The summed E-state index contributed by atoms with van der Waals surface area (Å²) < 4.78 is 5.10. The largest absolute Gasteiger partial charge is 0.488 e. The van der Waals surface area contributed by atoms with E-state index in [0.717, 1.165) is 19.4 Å². The fraction of sp³-hybridized carbons (Fsp3) is 0.175. The molecule has 0 spiro atoms. The molecule has 0 aliphatic heterocycles. The topological polar surface area (TPSA) is 157 Å². The molecule has 0 aliphatic carbocycles. The molecule has 1 amide bonds. The van der Waals surface area contributed by atoms with Gasteiger partial charge in [0.1, 0.15) is 0 Å². The SMILES string of the molecule is C.CN(CCc1ccccc1)C(=O)c1ccc(B(O)O)cc1.CNCCc1ccccc1.O=C(Cl)c1ccc(B(O)OB(O)c2ccc(C(=O)Cl)cc2)cc1. The summed E-state index contributed by atoms with van der Waals surface area (Å²) in [6.45, 7) is 1.69. The van der Waals surface area contributed by atoms with Gasteiger partial charge in [-0.25, -0.2) is 0 Å². The molecule has 15 heteroatoms. The van der Waals surface area contributed by atoms with Gasteiger partial charge in [-0.05, 0) is 89.3 Å². The lowest BCUT2D eigenvalue weighted by molar-refractivity contribution is 0.0796. The van der Waals surface area contributed by atoms with E-state index in [4.69, 9.17) is 37.8 Å². The average Bonchev–Trinajstić information content (AvgIpc) is 3.20. The van der Waals surface area contributed by atoms with Crippen molar-refractivity contribution in [2.45, 2.75) is 20.3 Å². The molecule has 55 heavy (non-hydrogen) atoms. The van der Waals surface area contributed by atoms with E-state index in [0.29, 0.717) is 28.5 Å². The molecular formula is C40H45B3Cl2N2O8. The molecule has 0 bridgehead atoms. The van der Waals surface area contributed by atoms with Crippen LogP contribution >= 0.6 is 23.2 Å². The number of nitrogens with one attached hydrogen (secondary N) is 1. The summed E-state index contributed by atoms with van der Waals surface area (Å²) >= 11 is 10.7. The number of carbonyl (C=O) groups excluding carboxylic acids is 3. The van der Waals surface area contributed by atoms with Gasteiger partial charge < -0.3 is 34.9 Å². The van der Waals surface area contributed by atoms with E-state index < -0.39 is 31.8 Å². The Bertz CT molecular complexity index is 1810. The molecule has 0 atom stereocenters. The number of hydrogen-bond acceptors (Lipinski definition) is 9. The first-order valence-electron chi connectivity index (χ1n) is 16.9. The Morgan fingerprint density at radius 1 is 0.600 bits per heavy atom. The number of rotatable bonds is 14. The van der Waals surface area contributed by atoms with Crippen LogP contribution < -0.4 is 21.7 Å². The standard InChI is InChI=1S/C16H18BNO3.C14H10B2Cl2O5.C9H13N.CH4/c1-18(12-11-13-5-3-2-4-6-13)16(19)14-7-9-15(10-8-14)17(20)21;17-13(19)9-1-5-11(6-2-9)15(21)23-16(22)12-7-3-10(4-8-12)14(18)20;1-10-8-7-9-5-3-2-4-6-9;/h2-10,20-21H,11-12H2,1H3;1-8,21-22H;2-6,10H,7-8H2,1H3;1H4. The molecule has 0 radical (unpaired) electrons. The molecular weight excluding hydrogens is 740 g/mol. The van der Waals surface area contributed by atoms with Crippen LogP contribution in [0.3, 0.4) is 0 Å². The molecule has 5 rings (SSSR count). The third-order valence-electron chi connectivity index (χ3n) is 7.99. The van der Waals surface area contributed by atoms with Crippen molar-refractivity contribution in [3.8, 4) is 0 Å². The van der Waals surface area contributed by atoms with Gasteiger partial charge in [-0.3, -0.25) is 14.4 Å². The van der Waals surface area contributed by atoms with Gasteiger partial charge in [0, 0.05) is 30.3 Å². The summed E-state index contributed by atoms with van der Waals surface area (Å²) in [7, 11) is -0.578. The van der Waals surface area contributed by atoms with E-state index in [1.807, 2.05) is 43.4 Å². The zero-order chi connectivity index (χ0) is 39.5. The van der Waals surface area contributed by atoms with Crippen molar-refractivity contribution < 1.29 is 39.1 Å². The first-order valence-corrected chi connectivity index (χ1v) is 17.7. The van der Waals surface area contributed by atoms with E-state index in [9.17, 15) is 24.4 Å². The predicted octanol–water partition coefficient (Wildman–Crippen LogP) is 3.30. The molecule has 0 fully saturated rings. The minimum absolute atomic E-state index is 0. The summed E-state index contributed by atoms with van der Waals surface area (Å²) in [4.78, 5) is 35.8. The molecule has 0 aromatic heterocycles. The van der Waals surface area contributed by atoms with Gasteiger partial charge in [0.15, 0.2) is 0 Å². The van der Waals surface area contributed by atoms with Crippen molar-refractivity contribution in [3.05, 3.63) is 161 Å². The molecule has 5 aromatic rings. The number of likely N-dealkylation sites (N-methyl/N-ethyl adjacent to an activating group) is 2. The maximum Gasteiger partial charge on any atom is 0.488 e. The third-order valence-corrected chi connectivity index (χ3v) is 8.43. The Balaban J connectivity index is 0.000000302. The highest BCUT2D eigenvalue weighted by Crippen LogP contribution is 2.07. The Morgan fingerprint density at radius 3 is 1.36 bits per heavy atom. The number of amides is 1. The van der Waals surface area contributed by atoms with Crippen LogP contribution in [0.25, 0.3) is 0 Å². The lowest BCUT2D eigenvalue weighted by Crippen LogP contribution is -2.45. The van der Waals surface area contributed by atoms with E-state index >= 15 is 0 Å². The van der Waals surface area contributed by atoms with Crippen molar-refractivity contribution in [1.82, 2.24) is 10.2 Å². The first kappa shape index (κ1) is 46.6. The van der Waals surface area contributed by atoms with Crippen LogP contribution in [0.4, 0.5) is 0 Å². The normalized spacial score (nSPS) is 9.96. The quantitative estimate of drug-likeness (QED) is 0.0843.